The lowest BCUT2D eigenvalue weighted by atomic mass is 9.95. The zero-order valence-corrected chi connectivity index (χ0v) is 10.4. The molecule has 2 aromatic rings. The number of fused-ring (bicyclic) bond motifs is 1. The van der Waals surface area contributed by atoms with Crippen LogP contribution in [0.25, 0.3) is 11.0 Å². The van der Waals surface area contributed by atoms with Gasteiger partial charge in [0, 0.05) is 25.6 Å². The Morgan fingerprint density at radius 2 is 2.12 bits per heavy atom. The normalized spacial score (nSPS) is 13.5. The van der Waals surface area contributed by atoms with Crippen LogP contribution in [-0.2, 0) is 7.05 Å². The molecule has 1 unspecified atom stereocenters. The molecule has 0 saturated carbocycles. The van der Waals surface area contributed by atoms with Crippen LogP contribution in [0.4, 0.5) is 4.39 Å². The Morgan fingerprint density at radius 1 is 1.41 bits per heavy atom. The molecule has 0 fully saturated rings. The van der Waals surface area contributed by atoms with E-state index in [2.05, 4.69) is 18.8 Å². The van der Waals surface area contributed by atoms with Gasteiger partial charge in [0.25, 0.3) is 0 Å². The Labute approximate surface area is 100 Å². The zero-order chi connectivity index (χ0) is 12.6. The molecule has 0 aliphatic rings. The van der Waals surface area contributed by atoms with E-state index in [1.54, 1.807) is 6.07 Å². The van der Waals surface area contributed by atoms with E-state index in [9.17, 15) is 4.39 Å². The third-order valence-electron chi connectivity index (χ3n) is 3.27. The monoisotopic (exact) mass is 235 g/mol. The Bertz CT molecular complexity index is 531. The second kappa shape index (κ2) is 4.45. The first-order valence-electron chi connectivity index (χ1n) is 5.86. The van der Waals surface area contributed by atoms with E-state index in [1.807, 2.05) is 11.6 Å². The van der Waals surface area contributed by atoms with E-state index in [1.165, 1.54) is 12.1 Å². The highest BCUT2D eigenvalue weighted by molar-refractivity contribution is 5.76. The van der Waals surface area contributed by atoms with E-state index < -0.39 is 0 Å². The van der Waals surface area contributed by atoms with E-state index in [0.717, 1.165) is 11.3 Å². The Morgan fingerprint density at radius 3 is 2.71 bits per heavy atom. The molecule has 1 atom stereocenters. The van der Waals surface area contributed by atoms with Crippen LogP contribution in [0.15, 0.2) is 18.2 Å². The molecule has 0 amide bonds. The van der Waals surface area contributed by atoms with Crippen molar-refractivity contribution < 1.29 is 4.39 Å². The van der Waals surface area contributed by atoms with Crippen LogP contribution in [0.5, 0.6) is 0 Å². The van der Waals surface area contributed by atoms with Gasteiger partial charge in [0.05, 0.1) is 11.0 Å². The number of imidazole rings is 1. The third-order valence-corrected chi connectivity index (χ3v) is 3.27. The Kier molecular flexibility index (Phi) is 3.15. The lowest BCUT2D eigenvalue weighted by Crippen LogP contribution is -2.21. The lowest BCUT2D eigenvalue weighted by Gasteiger charge is -2.18. The summed E-state index contributed by atoms with van der Waals surface area (Å²) in [5.74, 6) is 1.30. The van der Waals surface area contributed by atoms with Crippen molar-refractivity contribution >= 4 is 11.0 Å². The van der Waals surface area contributed by atoms with Gasteiger partial charge in [-0.1, -0.05) is 13.8 Å². The molecule has 17 heavy (non-hydrogen) atoms. The molecular weight excluding hydrogens is 217 g/mol. The average Bonchev–Trinajstić information content (AvgIpc) is 2.56. The molecular formula is C13H18FN3. The second-order valence-electron chi connectivity index (χ2n) is 4.75. The minimum Gasteiger partial charge on any atom is -0.331 e. The molecule has 1 aromatic heterocycles. The predicted octanol–water partition coefficient (Wildman–Crippen LogP) is 2.41. The number of halogens is 1. The van der Waals surface area contributed by atoms with Crippen molar-refractivity contribution in [2.75, 3.05) is 6.54 Å². The first-order valence-corrected chi connectivity index (χ1v) is 5.86. The summed E-state index contributed by atoms with van der Waals surface area (Å²) in [6.07, 6.45) is 0. The topological polar surface area (TPSA) is 43.8 Å². The first-order chi connectivity index (χ1) is 8.04. The van der Waals surface area contributed by atoms with Gasteiger partial charge in [-0.3, -0.25) is 0 Å². The highest BCUT2D eigenvalue weighted by atomic mass is 19.1. The fourth-order valence-electron chi connectivity index (χ4n) is 2.20. The quantitative estimate of drug-likeness (QED) is 0.887. The van der Waals surface area contributed by atoms with Crippen molar-refractivity contribution in [2.45, 2.75) is 19.8 Å². The number of hydrogen-bond donors (Lipinski definition) is 1. The van der Waals surface area contributed by atoms with Crippen LogP contribution in [-0.4, -0.2) is 16.1 Å². The van der Waals surface area contributed by atoms with Crippen LogP contribution >= 0.6 is 0 Å². The standard InChI is InChI=1S/C13H18FN3/c1-8(2)10(7-15)13-16-11-6-9(14)4-5-12(11)17(13)3/h4-6,8,10H,7,15H2,1-3H3. The molecule has 0 bridgehead atoms. The van der Waals surface area contributed by atoms with Gasteiger partial charge < -0.3 is 10.3 Å². The summed E-state index contributed by atoms with van der Waals surface area (Å²) in [6, 6.07) is 4.68. The molecule has 1 heterocycles. The number of nitrogens with zero attached hydrogens (tertiary/aromatic N) is 2. The number of nitrogens with two attached hydrogens (primary N) is 1. The first kappa shape index (κ1) is 12.0. The molecule has 1 aromatic carbocycles. The minimum atomic E-state index is -0.254. The molecule has 2 N–H and O–H groups in total. The van der Waals surface area contributed by atoms with Crippen molar-refractivity contribution in [1.29, 1.82) is 0 Å². The lowest BCUT2D eigenvalue weighted by molar-refractivity contribution is 0.474. The van der Waals surface area contributed by atoms with Crippen molar-refractivity contribution in [2.24, 2.45) is 18.7 Å². The van der Waals surface area contributed by atoms with Gasteiger partial charge in [0.1, 0.15) is 11.6 Å². The van der Waals surface area contributed by atoms with Gasteiger partial charge >= 0.3 is 0 Å². The number of aryl methyl sites for hydroxylation is 1. The summed E-state index contributed by atoms with van der Waals surface area (Å²) in [5.41, 5.74) is 7.44. The number of benzene rings is 1. The molecule has 0 aliphatic carbocycles. The Balaban J connectivity index is 2.58. The molecule has 3 nitrogen and oxygen atoms in total. The molecule has 92 valence electrons. The summed E-state index contributed by atoms with van der Waals surface area (Å²) in [6.45, 7) is 4.80. The highest BCUT2D eigenvalue weighted by Crippen LogP contribution is 2.26. The average molecular weight is 235 g/mol. The van der Waals surface area contributed by atoms with Gasteiger partial charge in [-0.2, -0.15) is 0 Å². The van der Waals surface area contributed by atoms with Crippen LogP contribution in [0.2, 0.25) is 0 Å². The summed E-state index contributed by atoms with van der Waals surface area (Å²) >= 11 is 0. The number of aromatic nitrogens is 2. The fraction of sp³-hybridized carbons (Fsp3) is 0.462. The van der Waals surface area contributed by atoms with E-state index in [4.69, 9.17) is 5.73 Å². The van der Waals surface area contributed by atoms with E-state index in [0.29, 0.717) is 18.0 Å². The fourth-order valence-corrected chi connectivity index (χ4v) is 2.20. The summed E-state index contributed by atoms with van der Waals surface area (Å²) in [7, 11) is 1.95. The number of hydrogen-bond acceptors (Lipinski definition) is 2. The number of rotatable bonds is 3. The maximum absolute atomic E-state index is 13.1. The summed E-state index contributed by atoms with van der Waals surface area (Å²) < 4.78 is 15.2. The minimum absolute atomic E-state index is 0.204. The zero-order valence-electron chi connectivity index (χ0n) is 10.4. The van der Waals surface area contributed by atoms with Crippen molar-refractivity contribution in [3.63, 3.8) is 0 Å². The van der Waals surface area contributed by atoms with E-state index in [-0.39, 0.29) is 11.7 Å². The molecule has 0 radical (unpaired) electrons. The molecule has 4 heteroatoms. The van der Waals surface area contributed by atoms with Gasteiger partial charge in [-0.25, -0.2) is 9.37 Å². The SMILES string of the molecule is CC(C)C(CN)c1nc2cc(F)ccc2n1C. The largest absolute Gasteiger partial charge is 0.331 e. The van der Waals surface area contributed by atoms with Gasteiger partial charge in [0.2, 0.25) is 0 Å². The van der Waals surface area contributed by atoms with Gasteiger partial charge in [-0.15, -0.1) is 0 Å². The Hall–Kier alpha value is -1.42. The van der Waals surface area contributed by atoms with E-state index >= 15 is 0 Å². The van der Waals surface area contributed by atoms with Gasteiger partial charge in [-0.05, 0) is 18.1 Å². The molecule has 0 aliphatic heterocycles. The molecule has 2 rings (SSSR count). The molecule has 0 saturated heterocycles. The van der Waals surface area contributed by atoms with Crippen LogP contribution in [0.3, 0.4) is 0 Å². The predicted molar refractivity (Wildman–Crippen MR) is 67.3 cm³/mol. The van der Waals surface area contributed by atoms with Crippen LogP contribution < -0.4 is 5.73 Å². The van der Waals surface area contributed by atoms with Crippen molar-refractivity contribution in [3.05, 3.63) is 29.8 Å². The molecule has 0 spiro atoms. The summed E-state index contributed by atoms with van der Waals surface area (Å²) in [5, 5.41) is 0. The van der Waals surface area contributed by atoms with Crippen molar-refractivity contribution in [1.82, 2.24) is 9.55 Å². The summed E-state index contributed by atoms with van der Waals surface area (Å²) in [4.78, 5) is 4.51. The van der Waals surface area contributed by atoms with Crippen molar-refractivity contribution in [3.8, 4) is 0 Å². The van der Waals surface area contributed by atoms with Crippen LogP contribution in [0, 0.1) is 11.7 Å². The highest BCUT2D eigenvalue weighted by Gasteiger charge is 2.20. The smallest absolute Gasteiger partial charge is 0.125 e. The van der Waals surface area contributed by atoms with Gasteiger partial charge in [0.15, 0.2) is 0 Å². The third kappa shape index (κ3) is 2.05. The van der Waals surface area contributed by atoms with Crippen LogP contribution in [0.1, 0.15) is 25.6 Å². The second-order valence-corrected chi connectivity index (χ2v) is 4.75. The maximum atomic E-state index is 13.1. The maximum Gasteiger partial charge on any atom is 0.125 e.